The van der Waals surface area contributed by atoms with Crippen LogP contribution >= 0.6 is 0 Å². The van der Waals surface area contributed by atoms with E-state index < -0.39 is 0 Å². The number of benzene rings is 1. The first-order chi connectivity index (χ1) is 8.54. The summed E-state index contributed by atoms with van der Waals surface area (Å²) in [6.07, 6.45) is 0. The molecule has 0 aromatic heterocycles. The maximum absolute atomic E-state index is 12.1. The summed E-state index contributed by atoms with van der Waals surface area (Å²) in [4.78, 5) is 16.3. The van der Waals surface area contributed by atoms with Crippen LogP contribution in [0.2, 0.25) is 0 Å². The van der Waals surface area contributed by atoms with Crippen LogP contribution in [-0.4, -0.2) is 63.5 Å². The number of ketones is 1. The number of hydrogen-bond donors (Lipinski definition) is 0. The molecule has 1 rings (SSSR count). The Morgan fingerprint density at radius 3 is 2.44 bits per heavy atom. The summed E-state index contributed by atoms with van der Waals surface area (Å²) >= 11 is 0. The number of rotatable bonds is 7. The number of carbonyl (C=O) groups excluding carboxylic acids is 1. The van der Waals surface area contributed by atoms with Gasteiger partial charge in [-0.3, -0.25) is 9.69 Å². The molecule has 0 fully saturated rings. The van der Waals surface area contributed by atoms with Gasteiger partial charge in [-0.1, -0.05) is 12.1 Å². The number of para-hydroxylation sites is 1. The Kier molecular flexibility index (Phi) is 5.82. The highest BCUT2D eigenvalue weighted by molar-refractivity contribution is 6.00. The van der Waals surface area contributed by atoms with E-state index in [0.717, 1.165) is 13.1 Å². The number of carbonyl (C=O) groups is 1. The topological polar surface area (TPSA) is 32.8 Å². The third kappa shape index (κ3) is 4.47. The third-order valence-corrected chi connectivity index (χ3v) is 2.75. The van der Waals surface area contributed by atoms with Gasteiger partial charge in [-0.05, 0) is 33.3 Å². The molecule has 0 saturated carbocycles. The van der Waals surface area contributed by atoms with Crippen LogP contribution in [0.25, 0.3) is 0 Å². The van der Waals surface area contributed by atoms with Crippen molar-refractivity contribution in [2.24, 2.45) is 0 Å². The Labute approximate surface area is 109 Å². The maximum Gasteiger partial charge on any atom is 0.180 e. The van der Waals surface area contributed by atoms with Gasteiger partial charge < -0.3 is 9.64 Å². The van der Waals surface area contributed by atoms with Crippen LogP contribution in [0.5, 0.6) is 5.75 Å². The lowest BCUT2D eigenvalue weighted by Gasteiger charge is -2.19. The van der Waals surface area contributed by atoms with Gasteiger partial charge in [0.1, 0.15) is 5.75 Å². The van der Waals surface area contributed by atoms with Crippen LogP contribution in [0.3, 0.4) is 0 Å². The van der Waals surface area contributed by atoms with Gasteiger partial charge in [0, 0.05) is 13.1 Å². The van der Waals surface area contributed by atoms with Gasteiger partial charge >= 0.3 is 0 Å². The fourth-order valence-electron chi connectivity index (χ4n) is 1.66. The molecule has 4 nitrogen and oxygen atoms in total. The highest BCUT2D eigenvalue weighted by Crippen LogP contribution is 2.17. The van der Waals surface area contributed by atoms with Crippen molar-refractivity contribution in [3.8, 4) is 5.75 Å². The van der Waals surface area contributed by atoms with Crippen molar-refractivity contribution < 1.29 is 9.53 Å². The lowest BCUT2D eigenvalue weighted by atomic mass is 10.1. The number of likely N-dealkylation sites (N-methyl/N-ethyl adjacent to an activating group) is 2. The lowest BCUT2D eigenvalue weighted by Crippen LogP contribution is -2.32. The summed E-state index contributed by atoms with van der Waals surface area (Å²) in [6.45, 7) is 2.22. The van der Waals surface area contributed by atoms with E-state index in [1.807, 2.05) is 44.2 Å². The van der Waals surface area contributed by atoms with Crippen molar-refractivity contribution in [3.05, 3.63) is 29.8 Å². The molecule has 0 N–H and O–H groups in total. The molecule has 1 aromatic rings. The molecule has 0 bridgehead atoms. The van der Waals surface area contributed by atoms with Gasteiger partial charge in [0.25, 0.3) is 0 Å². The number of ether oxygens (including phenoxy) is 1. The number of nitrogens with zero attached hydrogens (tertiary/aromatic N) is 2. The fourth-order valence-corrected chi connectivity index (χ4v) is 1.66. The van der Waals surface area contributed by atoms with Crippen LogP contribution in [0.4, 0.5) is 0 Å². The Morgan fingerprint density at radius 2 is 1.83 bits per heavy atom. The van der Waals surface area contributed by atoms with Crippen LogP contribution in [0.15, 0.2) is 24.3 Å². The van der Waals surface area contributed by atoms with Crippen molar-refractivity contribution in [2.75, 3.05) is 47.9 Å². The number of methoxy groups -OCH3 is 1. The fraction of sp³-hybridized carbons (Fsp3) is 0.500. The average molecular weight is 250 g/mol. The molecule has 1 aromatic carbocycles. The minimum Gasteiger partial charge on any atom is -0.496 e. The molecule has 4 heteroatoms. The van der Waals surface area contributed by atoms with E-state index in [1.165, 1.54) is 0 Å². The Bertz CT molecular complexity index is 391. The second-order valence-corrected chi connectivity index (χ2v) is 4.66. The van der Waals surface area contributed by atoms with Crippen LogP contribution in [-0.2, 0) is 0 Å². The minimum atomic E-state index is 0.0914. The molecule has 0 aliphatic carbocycles. The van der Waals surface area contributed by atoms with Gasteiger partial charge in [-0.15, -0.1) is 0 Å². The first kappa shape index (κ1) is 14.7. The first-order valence-electron chi connectivity index (χ1n) is 6.04. The highest BCUT2D eigenvalue weighted by atomic mass is 16.5. The first-order valence-corrected chi connectivity index (χ1v) is 6.04. The highest BCUT2D eigenvalue weighted by Gasteiger charge is 2.13. The molecule has 0 aliphatic heterocycles. The summed E-state index contributed by atoms with van der Waals surface area (Å²) < 4.78 is 5.20. The van der Waals surface area contributed by atoms with Crippen molar-refractivity contribution in [3.63, 3.8) is 0 Å². The molecule has 0 spiro atoms. The average Bonchev–Trinajstić information content (AvgIpc) is 2.36. The standard InChI is InChI=1S/C14H22N2O2/c1-15(2)9-10-16(3)11-13(17)12-7-5-6-8-14(12)18-4/h5-8H,9-11H2,1-4H3. The second kappa shape index (κ2) is 7.13. The van der Waals surface area contributed by atoms with Gasteiger partial charge in [-0.25, -0.2) is 0 Å². The molecule has 0 unspecified atom stereocenters. The molecule has 0 heterocycles. The van der Waals surface area contributed by atoms with Crippen LogP contribution < -0.4 is 4.74 Å². The van der Waals surface area contributed by atoms with E-state index in [-0.39, 0.29) is 5.78 Å². The SMILES string of the molecule is COc1ccccc1C(=O)CN(C)CCN(C)C. The smallest absolute Gasteiger partial charge is 0.180 e. The van der Waals surface area contributed by atoms with Crippen molar-refractivity contribution in [2.45, 2.75) is 0 Å². The zero-order valence-corrected chi connectivity index (χ0v) is 11.6. The number of Topliss-reactive ketones (excluding diaryl/α,β-unsaturated/α-hetero) is 1. The summed E-state index contributed by atoms with van der Waals surface area (Å²) in [5.74, 6) is 0.734. The third-order valence-electron chi connectivity index (χ3n) is 2.75. The monoisotopic (exact) mass is 250 g/mol. The molecule has 18 heavy (non-hydrogen) atoms. The quantitative estimate of drug-likeness (QED) is 0.684. The zero-order chi connectivity index (χ0) is 13.5. The Balaban J connectivity index is 2.59. The van der Waals surface area contributed by atoms with Crippen molar-refractivity contribution >= 4 is 5.78 Å². The molecule has 0 atom stereocenters. The molecule has 0 radical (unpaired) electrons. The molecule has 0 aliphatic rings. The predicted octanol–water partition coefficient (Wildman–Crippen LogP) is 1.37. The molecular weight excluding hydrogens is 228 g/mol. The minimum absolute atomic E-state index is 0.0914. The van der Waals surface area contributed by atoms with Crippen LogP contribution in [0, 0.1) is 0 Å². The number of hydrogen-bond acceptors (Lipinski definition) is 4. The Morgan fingerprint density at radius 1 is 1.17 bits per heavy atom. The lowest BCUT2D eigenvalue weighted by molar-refractivity contribution is 0.0939. The summed E-state index contributed by atoms with van der Waals surface area (Å²) in [6, 6.07) is 7.34. The molecular formula is C14H22N2O2. The zero-order valence-electron chi connectivity index (χ0n) is 11.6. The predicted molar refractivity (Wildman–Crippen MR) is 73.4 cm³/mol. The van der Waals surface area contributed by atoms with E-state index in [2.05, 4.69) is 4.90 Å². The molecule has 100 valence electrons. The normalized spacial score (nSPS) is 11.0. The molecule has 0 saturated heterocycles. The Hall–Kier alpha value is -1.39. The van der Waals surface area contributed by atoms with E-state index in [4.69, 9.17) is 4.74 Å². The largest absolute Gasteiger partial charge is 0.496 e. The summed E-state index contributed by atoms with van der Waals surface area (Å²) in [7, 11) is 7.59. The molecule has 0 amide bonds. The van der Waals surface area contributed by atoms with Crippen molar-refractivity contribution in [1.82, 2.24) is 9.80 Å². The maximum atomic E-state index is 12.1. The van der Waals surface area contributed by atoms with Crippen LogP contribution in [0.1, 0.15) is 10.4 Å². The van der Waals surface area contributed by atoms with Gasteiger partial charge in [0.2, 0.25) is 0 Å². The summed E-state index contributed by atoms with van der Waals surface area (Å²) in [5.41, 5.74) is 0.650. The van der Waals surface area contributed by atoms with E-state index in [9.17, 15) is 4.79 Å². The van der Waals surface area contributed by atoms with E-state index in [0.29, 0.717) is 17.9 Å². The van der Waals surface area contributed by atoms with Crippen molar-refractivity contribution in [1.29, 1.82) is 0 Å². The van der Waals surface area contributed by atoms with Gasteiger partial charge in [-0.2, -0.15) is 0 Å². The van der Waals surface area contributed by atoms with E-state index in [1.54, 1.807) is 13.2 Å². The van der Waals surface area contributed by atoms with Gasteiger partial charge in [0.15, 0.2) is 5.78 Å². The van der Waals surface area contributed by atoms with Gasteiger partial charge in [0.05, 0.1) is 19.2 Å². The van der Waals surface area contributed by atoms with E-state index >= 15 is 0 Å². The second-order valence-electron chi connectivity index (χ2n) is 4.66. The summed E-state index contributed by atoms with van der Waals surface area (Å²) in [5, 5.41) is 0.